The standard InChI is InChI=1S/C19H11ClF3N3O2/c20-15-16(10-5-7-11(21)8-6-10)25(9-14(22)23)24-17(15)26-18(27)12-3-1-2-4-13(12)19(26)28/h1-8,14H,9H2. The zero-order valence-electron chi connectivity index (χ0n) is 14.1. The Morgan fingerprint density at radius 3 is 2.07 bits per heavy atom. The van der Waals surface area contributed by atoms with Gasteiger partial charge in [-0.05, 0) is 36.4 Å². The van der Waals surface area contributed by atoms with Gasteiger partial charge in [0, 0.05) is 5.56 Å². The fraction of sp³-hybridized carbons (Fsp3) is 0.105. The van der Waals surface area contributed by atoms with E-state index in [2.05, 4.69) is 5.10 Å². The molecule has 3 aromatic rings. The Balaban J connectivity index is 1.86. The van der Waals surface area contributed by atoms with Gasteiger partial charge in [0.2, 0.25) is 0 Å². The minimum Gasteiger partial charge on any atom is -0.268 e. The van der Waals surface area contributed by atoms with Crippen molar-refractivity contribution in [3.8, 4) is 11.3 Å². The second-order valence-electron chi connectivity index (χ2n) is 6.06. The number of anilines is 1. The molecule has 5 nitrogen and oxygen atoms in total. The topological polar surface area (TPSA) is 55.2 Å². The van der Waals surface area contributed by atoms with E-state index in [-0.39, 0.29) is 27.7 Å². The Labute approximate surface area is 161 Å². The molecule has 0 saturated carbocycles. The summed E-state index contributed by atoms with van der Waals surface area (Å²) in [7, 11) is 0. The Morgan fingerprint density at radius 1 is 0.964 bits per heavy atom. The zero-order valence-corrected chi connectivity index (χ0v) is 14.8. The number of carbonyl (C=O) groups excluding carboxylic acids is 2. The van der Waals surface area contributed by atoms with Crippen LogP contribution in [0.2, 0.25) is 5.02 Å². The molecule has 9 heteroatoms. The first-order chi connectivity index (χ1) is 13.4. The molecule has 0 radical (unpaired) electrons. The third-order valence-electron chi connectivity index (χ3n) is 4.31. The molecule has 142 valence electrons. The molecule has 0 spiro atoms. The van der Waals surface area contributed by atoms with Gasteiger partial charge in [-0.25, -0.2) is 18.1 Å². The molecule has 2 aromatic carbocycles. The number of hydrogen-bond donors (Lipinski definition) is 0. The molecule has 1 aliphatic heterocycles. The number of carbonyl (C=O) groups is 2. The lowest BCUT2D eigenvalue weighted by molar-refractivity contribution is 0.0924. The molecular weight excluding hydrogens is 395 g/mol. The fourth-order valence-corrected chi connectivity index (χ4v) is 3.43. The highest BCUT2D eigenvalue weighted by Crippen LogP contribution is 2.39. The molecule has 0 saturated heterocycles. The number of benzene rings is 2. The van der Waals surface area contributed by atoms with Gasteiger partial charge in [0.25, 0.3) is 18.2 Å². The van der Waals surface area contributed by atoms with Gasteiger partial charge < -0.3 is 0 Å². The lowest BCUT2D eigenvalue weighted by atomic mass is 10.1. The van der Waals surface area contributed by atoms with Crippen LogP contribution in [0.1, 0.15) is 20.7 Å². The van der Waals surface area contributed by atoms with Crippen LogP contribution in [-0.2, 0) is 6.54 Å². The number of amides is 2. The summed E-state index contributed by atoms with van der Waals surface area (Å²) >= 11 is 6.37. The lowest BCUT2D eigenvalue weighted by Crippen LogP contribution is -2.30. The molecule has 2 amide bonds. The number of fused-ring (bicyclic) bond motifs is 1. The molecule has 0 bridgehead atoms. The van der Waals surface area contributed by atoms with Crippen LogP contribution in [0.5, 0.6) is 0 Å². The maximum Gasteiger partial charge on any atom is 0.267 e. The first kappa shape index (κ1) is 18.2. The van der Waals surface area contributed by atoms with Gasteiger partial charge in [-0.1, -0.05) is 23.7 Å². The van der Waals surface area contributed by atoms with Gasteiger partial charge in [-0.15, -0.1) is 0 Å². The molecule has 0 atom stereocenters. The van der Waals surface area contributed by atoms with E-state index in [0.717, 1.165) is 21.7 Å². The average Bonchev–Trinajstić information content (AvgIpc) is 3.10. The van der Waals surface area contributed by atoms with E-state index >= 15 is 0 Å². The van der Waals surface area contributed by atoms with E-state index in [1.54, 1.807) is 12.1 Å². The van der Waals surface area contributed by atoms with Crippen molar-refractivity contribution in [3.63, 3.8) is 0 Å². The minimum atomic E-state index is -2.76. The average molecular weight is 406 g/mol. The van der Waals surface area contributed by atoms with Crippen molar-refractivity contribution in [2.45, 2.75) is 13.0 Å². The smallest absolute Gasteiger partial charge is 0.267 e. The van der Waals surface area contributed by atoms with E-state index in [4.69, 9.17) is 11.6 Å². The highest BCUT2D eigenvalue weighted by atomic mass is 35.5. The molecule has 4 rings (SSSR count). The highest BCUT2D eigenvalue weighted by molar-refractivity contribution is 6.40. The van der Waals surface area contributed by atoms with Crippen LogP contribution in [0, 0.1) is 5.82 Å². The van der Waals surface area contributed by atoms with E-state index in [1.807, 2.05) is 0 Å². The van der Waals surface area contributed by atoms with Crippen LogP contribution in [0.25, 0.3) is 11.3 Å². The maximum absolute atomic E-state index is 13.2. The fourth-order valence-electron chi connectivity index (χ4n) is 3.10. The largest absolute Gasteiger partial charge is 0.268 e. The maximum atomic E-state index is 13.2. The van der Waals surface area contributed by atoms with Gasteiger partial charge in [0.15, 0.2) is 5.82 Å². The minimum absolute atomic E-state index is 0.0634. The summed E-state index contributed by atoms with van der Waals surface area (Å²) < 4.78 is 40.3. The van der Waals surface area contributed by atoms with Crippen LogP contribution in [-0.4, -0.2) is 28.0 Å². The van der Waals surface area contributed by atoms with Crippen LogP contribution in [0.3, 0.4) is 0 Å². The zero-order chi connectivity index (χ0) is 20.0. The number of rotatable bonds is 4. The van der Waals surface area contributed by atoms with Crippen molar-refractivity contribution in [3.05, 3.63) is 70.5 Å². The molecule has 28 heavy (non-hydrogen) atoms. The summed E-state index contributed by atoms with van der Waals surface area (Å²) in [5.74, 6) is -2.04. The molecule has 1 aliphatic rings. The van der Waals surface area contributed by atoms with Gasteiger partial charge >= 0.3 is 0 Å². The number of nitrogens with zero attached hydrogens (tertiary/aromatic N) is 3. The van der Waals surface area contributed by atoms with Gasteiger partial charge in [-0.3, -0.25) is 14.3 Å². The summed E-state index contributed by atoms with van der Waals surface area (Å²) in [6.07, 6.45) is -2.76. The molecular formula is C19H11ClF3N3O2. The number of hydrogen-bond acceptors (Lipinski definition) is 3. The molecule has 1 aromatic heterocycles. The van der Waals surface area contributed by atoms with Crippen LogP contribution >= 0.6 is 11.6 Å². The number of imide groups is 1. The molecule has 0 N–H and O–H groups in total. The highest BCUT2D eigenvalue weighted by Gasteiger charge is 2.40. The number of aromatic nitrogens is 2. The Kier molecular flexibility index (Phi) is 4.43. The molecule has 2 heterocycles. The van der Waals surface area contributed by atoms with Gasteiger partial charge in [-0.2, -0.15) is 5.10 Å². The van der Waals surface area contributed by atoms with E-state index in [0.29, 0.717) is 5.56 Å². The summed E-state index contributed by atoms with van der Waals surface area (Å²) in [5, 5.41) is 3.86. The Morgan fingerprint density at radius 2 is 1.54 bits per heavy atom. The summed E-state index contributed by atoms with van der Waals surface area (Å²) in [6, 6.07) is 11.2. The first-order valence-electron chi connectivity index (χ1n) is 8.16. The normalized spacial score (nSPS) is 13.5. The van der Waals surface area contributed by atoms with Crippen molar-refractivity contribution >= 4 is 29.2 Å². The van der Waals surface area contributed by atoms with Gasteiger partial charge in [0.05, 0.1) is 16.8 Å². The van der Waals surface area contributed by atoms with Crippen LogP contribution < -0.4 is 4.90 Å². The van der Waals surface area contributed by atoms with Crippen molar-refractivity contribution in [1.29, 1.82) is 0 Å². The summed E-state index contributed by atoms with van der Waals surface area (Å²) in [4.78, 5) is 26.1. The Hall–Kier alpha value is -3.13. The molecule has 0 fully saturated rings. The number of alkyl halides is 2. The van der Waals surface area contributed by atoms with Crippen LogP contribution in [0.4, 0.5) is 19.0 Å². The second-order valence-corrected chi connectivity index (χ2v) is 6.44. The van der Waals surface area contributed by atoms with Crippen molar-refractivity contribution in [2.24, 2.45) is 0 Å². The van der Waals surface area contributed by atoms with Crippen molar-refractivity contribution < 1.29 is 22.8 Å². The summed E-state index contributed by atoms with van der Waals surface area (Å²) in [5.41, 5.74) is 0.738. The lowest BCUT2D eigenvalue weighted by Gasteiger charge is -2.10. The van der Waals surface area contributed by atoms with E-state index in [9.17, 15) is 22.8 Å². The number of halogens is 4. The third-order valence-corrected chi connectivity index (χ3v) is 4.66. The monoisotopic (exact) mass is 405 g/mol. The third kappa shape index (κ3) is 2.86. The Bertz CT molecular complexity index is 1060. The van der Waals surface area contributed by atoms with Gasteiger partial charge in [0.1, 0.15) is 17.4 Å². The predicted molar refractivity (Wildman–Crippen MR) is 96.2 cm³/mol. The van der Waals surface area contributed by atoms with Crippen LogP contribution in [0.15, 0.2) is 48.5 Å². The van der Waals surface area contributed by atoms with Crippen molar-refractivity contribution in [1.82, 2.24) is 9.78 Å². The molecule has 0 unspecified atom stereocenters. The quantitative estimate of drug-likeness (QED) is 0.604. The SMILES string of the molecule is O=C1c2ccccc2C(=O)N1c1nn(CC(F)F)c(-c2ccc(F)cc2)c1Cl. The predicted octanol–water partition coefficient (Wildman–Crippen LogP) is 4.41. The van der Waals surface area contributed by atoms with E-state index < -0.39 is 30.6 Å². The van der Waals surface area contributed by atoms with E-state index in [1.165, 1.54) is 24.3 Å². The van der Waals surface area contributed by atoms with Crippen molar-refractivity contribution in [2.75, 3.05) is 4.90 Å². The second kappa shape index (κ2) is 6.79. The molecule has 0 aliphatic carbocycles. The first-order valence-corrected chi connectivity index (χ1v) is 8.54. The summed E-state index contributed by atoms with van der Waals surface area (Å²) in [6.45, 7) is -0.810.